The first-order chi connectivity index (χ1) is 8.22. The van der Waals surface area contributed by atoms with E-state index in [1.54, 1.807) is 12.1 Å². The van der Waals surface area contributed by atoms with Crippen LogP contribution in [-0.4, -0.2) is 11.7 Å². The van der Waals surface area contributed by atoms with E-state index in [4.69, 9.17) is 12.2 Å². The third-order valence-electron chi connectivity index (χ3n) is 2.40. The van der Waals surface area contributed by atoms with Crippen LogP contribution in [0.1, 0.15) is 32.6 Å². The minimum Gasteiger partial charge on any atom is -0.362 e. The van der Waals surface area contributed by atoms with Crippen molar-refractivity contribution in [2.45, 2.75) is 32.6 Å². The predicted molar refractivity (Wildman–Crippen MR) is 74.8 cm³/mol. The first-order valence-electron chi connectivity index (χ1n) is 6.03. The highest BCUT2D eigenvalue weighted by atomic mass is 32.1. The van der Waals surface area contributed by atoms with E-state index < -0.39 is 0 Å². The molecule has 2 N–H and O–H groups in total. The molecule has 1 aromatic rings. The molecule has 0 heterocycles. The van der Waals surface area contributed by atoms with E-state index in [1.807, 2.05) is 0 Å². The van der Waals surface area contributed by atoms with Crippen LogP contribution in [0.3, 0.4) is 0 Å². The number of hydrogen-bond donors (Lipinski definition) is 2. The van der Waals surface area contributed by atoms with Gasteiger partial charge >= 0.3 is 0 Å². The van der Waals surface area contributed by atoms with Crippen LogP contribution in [0, 0.1) is 5.82 Å². The molecule has 0 radical (unpaired) electrons. The highest BCUT2D eigenvalue weighted by molar-refractivity contribution is 7.80. The molecule has 0 aliphatic carbocycles. The number of thiocarbonyl (C=S) groups is 1. The lowest BCUT2D eigenvalue weighted by atomic mass is 10.2. The van der Waals surface area contributed by atoms with Crippen LogP contribution in [-0.2, 0) is 0 Å². The van der Waals surface area contributed by atoms with Crippen LogP contribution in [0.15, 0.2) is 24.3 Å². The minimum atomic E-state index is -0.263. The molecule has 0 atom stereocenters. The molecular formula is C13H19FN2S. The topological polar surface area (TPSA) is 24.1 Å². The second-order valence-electron chi connectivity index (χ2n) is 3.95. The molecule has 2 nitrogen and oxygen atoms in total. The van der Waals surface area contributed by atoms with E-state index in [2.05, 4.69) is 17.6 Å². The van der Waals surface area contributed by atoms with Gasteiger partial charge in [0.1, 0.15) is 5.82 Å². The van der Waals surface area contributed by atoms with Crippen molar-refractivity contribution in [3.8, 4) is 0 Å². The van der Waals surface area contributed by atoms with E-state index in [0.717, 1.165) is 13.0 Å². The normalized spacial score (nSPS) is 10.0. The number of anilines is 1. The van der Waals surface area contributed by atoms with Gasteiger partial charge in [-0.2, -0.15) is 0 Å². The summed E-state index contributed by atoms with van der Waals surface area (Å²) in [4.78, 5) is 0. The highest BCUT2D eigenvalue weighted by Gasteiger charge is 1.98. The van der Waals surface area contributed by atoms with Gasteiger partial charge in [-0.1, -0.05) is 32.3 Å². The summed E-state index contributed by atoms with van der Waals surface area (Å²) in [7, 11) is 0. The molecule has 0 saturated heterocycles. The lowest BCUT2D eigenvalue weighted by molar-refractivity contribution is 0.628. The summed E-state index contributed by atoms with van der Waals surface area (Å²) in [6.07, 6.45) is 4.81. The fourth-order valence-electron chi connectivity index (χ4n) is 1.50. The van der Waals surface area contributed by atoms with Gasteiger partial charge in [0.2, 0.25) is 0 Å². The third kappa shape index (κ3) is 6.22. The molecule has 0 aliphatic rings. The lowest BCUT2D eigenvalue weighted by Crippen LogP contribution is -2.29. The highest BCUT2D eigenvalue weighted by Crippen LogP contribution is 2.08. The molecule has 0 fully saturated rings. The van der Waals surface area contributed by atoms with Gasteiger partial charge in [-0.3, -0.25) is 0 Å². The molecule has 0 amide bonds. The number of hydrogen-bond acceptors (Lipinski definition) is 1. The van der Waals surface area contributed by atoms with Gasteiger partial charge in [0.15, 0.2) is 5.11 Å². The molecule has 1 rings (SSSR count). The zero-order valence-electron chi connectivity index (χ0n) is 10.1. The van der Waals surface area contributed by atoms with Gasteiger partial charge in [-0.05, 0) is 36.8 Å². The second-order valence-corrected chi connectivity index (χ2v) is 4.36. The Morgan fingerprint density at radius 3 is 2.82 bits per heavy atom. The zero-order valence-corrected chi connectivity index (χ0v) is 10.9. The third-order valence-corrected chi connectivity index (χ3v) is 2.64. The molecule has 4 heteroatoms. The van der Waals surface area contributed by atoms with Crippen molar-refractivity contribution in [1.29, 1.82) is 0 Å². The lowest BCUT2D eigenvalue weighted by Gasteiger charge is -2.10. The Labute approximate surface area is 108 Å². The number of unbranched alkanes of at least 4 members (excludes halogenated alkanes) is 3. The van der Waals surface area contributed by atoms with Crippen molar-refractivity contribution in [2.75, 3.05) is 11.9 Å². The fourth-order valence-corrected chi connectivity index (χ4v) is 1.72. The standard InChI is InChI=1S/C13H19FN2S/c1-2-3-4-5-9-15-13(17)16-12-8-6-7-11(14)10-12/h6-8,10H,2-5,9H2,1H3,(H2,15,16,17). The molecule has 17 heavy (non-hydrogen) atoms. The van der Waals surface area contributed by atoms with Gasteiger partial charge in [0.25, 0.3) is 0 Å². The quantitative estimate of drug-likeness (QED) is 0.598. The summed E-state index contributed by atoms with van der Waals surface area (Å²) < 4.78 is 12.9. The maximum Gasteiger partial charge on any atom is 0.170 e. The molecular weight excluding hydrogens is 235 g/mol. The second kappa shape index (κ2) is 8.01. The molecule has 0 aromatic heterocycles. The summed E-state index contributed by atoms with van der Waals surface area (Å²) in [6.45, 7) is 3.05. The number of benzene rings is 1. The van der Waals surface area contributed by atoms with Crippen LogP contribution in [0.25, 0.3) is 0 Å². The predicted octanol–water partition coefficient (Wildman–Crippen LogP) is 3.69. The van der Waals surface area contributed by atoms with Crippen LogP contribution < -0.4 is 10.6 Å². The van der Waals surface area contributed by atoms with Gasteiger partial charge in [0.05, 0.1) is 0 Å². The smallest absolute Gasteiger partial charge is 0.170 e. The van der Waals surface area contributed by atoms with Gasteiger partial charge in [0, 0.05) is 12.2 Å². The van der Waals surface area contributed by atoms with E-state index in [-0.39, 0.29) is 5.82 Å². The van der Waals surface area contributed by atoms with Crippen molar-refractivity contribution < 1.29 is 4.39 Å². The Balaban J connectivity index is 2.21. The molecule has 0 spiro atoms. The van der Waals surface area contributed by atoms with Gasteiger partial charge in [-0.15, -0.1) is 0 Å². The molecule has 94 valence electrons. The van der Waals surface area contributed by atoms with Crippen molar-refractivity contribution in [3.63, 3.8) is 0 Å². The molecule has 1 aromatic carbocycles. The SMILES string of the molecule is CCCCCCNC(=S)Nc1cccc(F)c1. The van der Waals surface area contributed by atoms with Crippen LogP contribution in [0.5, 0.6) is 0 Å². The average molecular weight is 254 g/mol. The first kappa shape index (κ1) is 13.9. The molecule has 0 bridgehead atoms. The Bertz CT molecular complexity index is 355. The molecule has 0 unspecified atom stereocenters. The molecule has 0 aliphatic heterocycles. The Morgan fingerprint density at radius 2 is 2.12 bits per heavy atom. The first-order valence-corrected chi connectivity index (χ1v) is 6.43. The summed E-state index contributed by atoms with van der Waals surface area (Å²) in [6, 6.07) is 6.27. The van der Waals surface area contributed by atoms with Crippen molar-refractivity contribution in [2.24, 2.45) is 0 Å². The van der Waals surface area contributed by atoms with E-state index in [1.165, 1.54) is 31.4 Å². The summed E-state index contributed by atoms with van der Waals surface area (Å²) >= 11 is 5.11. The van der Waals surface area contributed by atoms with Crippen LogP contribution >= 0.6 is 12.2 Å². The Kier molecular flexibility index (Phi) is 6.55. The van der Waals surface area contributed by atoms with Crippen molar-refractivity contribution in [1.82, 2.24) is 5.32 Å². The zero-order chi connectivity index (χ0) is 12.5. The average Bonchev–Trinajstić information content (AvgIpc) is 2.29. The van der Waals surface area contributed by atoms with Gasteiger partial charge < -0.3 is 10.6 Å². The largest absolute Gasteiger partial charge is 0.362 e. The number of halogens is 1. The number of rotatable bonds is 6. The van der Waals surface area contributed by atoms with E-state index in [9.17, 15) is 4.39 Å². The number of nitrogens with one attached hydrogen (secondary N) is 2. The maximum absolute atomic E-state index is 12.9. The Morgan fingerprint density at radius 1 is 1.29 bits per heavy atom. The van der Waals surface area contributed by atoms with Crippen molar-refractivity contribution in [3.05, 3.63) is 30.1 Å². The Hall–Kier alpha value is -1.16. The summed E-state index contributed by atoms with van der Waals surface area (Å²) in [5.41, 5.74) is 0.677. The summed E-state index contributed by atoms with van der Waals surface area (Å²) in [5.74, 6) is -0.263. The van der Waals surface area contributed by atoms with Crippen LogP contribution in [0.2, 0.25) is 0 Å². The van der Waals surface area contributed by atoms with E-state index in [0.29, 0.717) is 10.8 Å². The molecule has 0 saturated carbocycles. The maximum atomic E-state index is 12.9. The van der Waals surface area contributed by atoms with Crippen molar-refractivity contribution >= 4 is 23.0 Å². The monoisotopic (exact) mass is 254 g/mol. The summed E-state index contributed by atoms with van der Waals surface area (Å²) in [5, 5.41) is 6.61. The van der Waals surface area contributed by atoms with E-state index >= 15 is 0 Å². The van der Waals surface area contributed by atoms with Gasteiger partial charge in [-0.25, -0.2) is 4.39 Å². The minimum absolute atomic E-state index is 0.263. The fraction of sp³-hybridized carbons (Fsp3) is 0.462. The van der Waals surface area contributed by atoms with Crippen LogP contribution in [0.4, 0.5) is 10.1 Å².